The molecule has 32 heteroatoms. The van der Waals surface area contributed by atoms with E-state index in [-0.39, 0.29) is 46.0 Å². The summed E-state index contributed by atoms with van der Waals surface area (Å²) in [6.07, 6.45) is -42.1. The van der Waals surface area contributed by atoms with E-state index in [2.05, 4.69) is 40.7 Å². The summed E-state index contributed by atoms with van der Waals surface area (Å²) in [5.41, 5.74) is -2.57. The van der Waals surface area contributed by atoms with Gasteiger partial charge in [-0.2, -0.15) is 0 Å². The highest BCUT2D eigenvalue weighted by molar-refractivity contribution is 5.82. The van der Waals surface area contributed by atoms with Crippen molar-refractivity contribution < 1.29 is 159 Å². The van der Waals surface area contributed by atoms with Crippen molar-refractivity contribution in [2.24, 2.45) is 50.2 Å². The lowest BCUT2D eigenvalue weighted by atomic mass is 9.32. The lowest BCUT2D eigenvalue weighted by Gasteiger charge is -2.72. The fourth-order valence-electron chi connectivity index (χ4n) is 19.1. The molecular formula is C65H106O32. The van der Waals surface area contributed by atoms with Gasteiger partial charge in [0.1, 0.15) is 134 Å². The minimum atomic E-state index is -2.06. The van der Waals surface area contributed by atoms with E-state index in [0.29, 0.717) is 51.4 Å². The van der Waals surface area contributed by atoms with Gasteiger partial charge in [0.25, 0.3) is 0 Å². The number of esters is 1. The third-order valence-corrected chi connectivity index (χ3v) is 25.3. The lowest BCUT2D eigenvalue weighted by Crippen LogP contribution is -2.68. The molecule has 11 rings (SSSR count). The van der Waals surface area contributed by atoms with Crippen LogP contribution in [-0.2, 0) is 61.6 Å². The SMILES string of the molecule is C[C@@H]1O[C@@H](O[C@H]2[C@H](O[C@H]3CC[C@@]4(C)[C@@H](CC[C@]5(C)[C@@H]4CC[C@@H]4C6=CC(C)(C)CC[C@]6(C(=O)O[C@@H]6O[C@H](CO[C@@H]7O[C@H](CO)[C@@H](O)[C@H](O)[C@H]7O)[C@@H](O)[C@H](O)[C@H]6O)CC[C@]45C)[C@]3(C)CO)OC[C@@H](O)[C@@H]2O)[C@H](O)[C@H](O[C@@H]2O[C@H](CO)[C@@H](O[C@@H]3O[C@H](CO)[C@@H](O)[C@H](O)[C@H]3O)[C@H](O)[C@H]2O)[C@H]1O. The van der Waals surface area contributed by atoms with Crippen molar-refractivity contribution in [1.82, 2.24) is 0 Å². The van der Waals surface area contributed by atoms with Gasteiger partial charge in [0.05, 0.1) is 57.3 Å². The fourth-order valence-corrected chi connectivity index (χ4v) is 19.1. The molecule has 5 aliphatic carbocycles. The van der Waals surface area contributed by atoms with Crippen LogP contribution in [0, 0.1) is 50.2 Å². The summed E-state index contributed by atoms with van der Waals surface area (Å²) < 4.78 is 71.2. The highest BCUT2D eigenvalue weighted by Gasteiger charge is 2.71. The Hall–Kier alpha value is -1.99. The van der Waals surface area contributed by atoms with Gasteiger partial charge in [-0.25, -0.2) is 0 Å². The van der Waals surface area contributed by atoms with E-state index in [9.17, 15) is 97.0 Å². The van der Waals surface area contributed by atoms with Crippen LogP contribution < -0.4 is 0 Å². The maximum absolute atomic E-state index is 15.2. The van der Waals surface area contributed by atoms with Gasteiger partial charge in [-0.3, -0.25) is 4.79 Å². The molecule has 6 heterocycles. The van der Waals surface area contributed by atoms with Crippen LogP contribution >= 0.6 is 0 Å². The number of rotatable bonds is 17. The zero-order chi connectivity index (χ0) is 70.7. The second-order valence-corrected chi connectivity index (χ2v) is 31.2. The van der Waals surface area contributed by atoms with Gasteiger partial charge >= 0.3 is 5.97 Å². The highest BCUT2D eigenvalue weighted by Crippen LogP contribution is 2.77. The van der Waals surface area contributed by atoms with Crippen LogP contribution in [0.25, 0.3) is 0 Å². The number of aliphatic hydroxyl groups excluding tert-OH is 19. The van der Waals surface area contributed by atoms with Crippen LogP contribution in [0.3, 0.4) is 0 Å². The van der Waals surface area contributed by atoms with Gasteiger partial charge in [0, 0.05) is 5.41 Å². The predicted molar refractivity (Wildman–Crippen MR) is 322 cm³/mol. The molecule has 19 N–H and O–H groups in total. The third kappa shape index (κ3) is 13.2. The maximum Gasteiger partial charge on any atom is 0.318 e. The maximum atomic E-state index is 15.2. The number of ether oxygens (including phenoxy) is 12. The molecule has 0 amide bonds. The topological polar surface area (TPSA) is 512 Å². The monoisotopic (exact) mass is 1400 g/mol. The molecule has 0 bridgehead atoms. The smallest absolute Gasteiger partial charge is 0.318 e. The summed E-state index contributed by atoms with van der Waals surface area (Å²) >= 11 is 0. The number of hydrogen-bond acceptors (Lipinski definition) is 32. The Morgan fingerprint density at radius 1 is 0.464 bits per heavy atom. The predicted octanol–water partition coefficient (Wildman–Crippen LogP) is -5.75. The van der Waals surface area contributed by atoms with Crippen LogP contribution in [0.1, 0.15) is 113 Å². The average molecular weight is 1400 g/mol. The minimum Gasteiger partial charge on any atom is -0.432 e. The fraction of sp³-hybridized carbons (Fsp3) is 0.954. The molecule has 0 radical (unpaired) electrons. The van der Waals surface area contributed by atoms with Crippen LogP contribution in [-0.4, -0.2) is 327 Å². The Labute approximate surface area is 561 Å². The molecule has 32 nitrogen and oxygen atoms in total. The zero-order valence-electron chi connectivity index (χ0n) is 55.7. The number of carbonyl (C=O) groups excluding carboxylic acids is 1. The number of carbonyl (C=O) groups is 1. The first-order valence-electron chi connectivity index (χ1n) is 34.3. The molecule has 38 atom stereocenters. The van der Waals surface area contributed by atoms with Crippen molar-refractivity contribution in [2.75, 3.05) is 39.6 Å². The Balaban J connectivity index is 0.763. The standard InChI is InChI=1S/C65H106O32/c1-25-36(71)51(95-55-48(83)44(79)50(31(21-68)91-55)94-54-46(81)42(77)39(74)30(20-67)90-54)49(84)57(88-25)96-52-37(72)28(70)22-86-58(52)93-35-11-12-61(4)33(62(35,5)24-69)10-13-64(7)34(61)9-8-26-27-18-60(2,3)14-16-65(27,17-15-63(26,64)6)59(85)97-56-47(82)43(78)40(75)32(92-56)23-87-53-45(80)41(76)38(73)29(19-66)89-53/h18,25-26,28-58,66-84H,8-17,19-24H2,1-7H3/t25-,26+,28+,29+,30+,31+,32+,33+,34+,35-,36-,37-,38+,39+,40+,41-,42-,43-,44+,45+,46+,47+,48+,49+,50+,51+,52+,53+,54-,55-,56-,57-,58-,61-,62-,63+,64+,65-/m0/s1. The number of aliphatic hydroxyl groups is 19. The van der Waals surface area contributed by atoms with Crippen LogP contribution in [0.2, 0.25) is 0 Å². The molecule has 0 aromatic rings. The van der Waals surface area contributed by atoms with Crippen molar-refractivity contribution in [1.29, 1.82) is 0 Å². The molecule has 558 valence electrons. The Bertz CT molecular complexity index is 2710. The van der Waals surface area contributed by atoms with Gasteiger partial charge < -0.3 is 154 Å². The van der Waals surface area contributed by atoms with Crippen molar-refractivity contribution in [3.63, 3.8) is 0 Å². The van der Waals surface area contributed by atoms with Crippen LogP contribution in [0.4, 0.5) is 0 Å². The first-order chi connectivity index (χ1) is 45.6. The second kappa shape index (κ2) is 28.8. The molecule has 97 heavy (non-hydrogen) atoms. The molecular weight excluding hydrogens is 1290 g/mol. The largest absolute Gasteiger partial charge is 0.432 e. The summed E-state index contributed by atoms with van der Waals surface area (Å²) in [5, 5.41) is 206. The second-order valence-electron chi connectivity index (χ2n) is 31.2. The quantitative estimate of drug-likeness (QED) is 0.0366. The van der Waals surface area contributed by atoms with E-state index in [1.807, 2.05) is 6.92 Å². The van der Waals surface area contributed by atoms with Crippen molar-refractivity contribution in [3.05, 3.63) is 11.6 Å². The summed E-state index contributed by atoms with van der Waals surface area (Å²) in [4.78, 5) is 15.2. The van der Waals surface area contributed by atoms with E-state index in [1.165, 1.54) is 6.92 Å². The summed E-state index contributed by atoms with van der Waals surface area (Å²) in [6.45, 7) is 10.8. The van der Waals surface area contributed by atoms with E-state index < -0.39 is 234 Å². The van der Waals surface area contributed by atoms with E-state index in [1.54, 1.807) is 0 Å². The number of fused-ring (bicyclic) bond motifs is 7. The van der Waals surface area contributed by atoms with Gasteiger partial charge in [-0.15, -0.1) is 0 Å². The average Bonchev–Trinajstić information content (AvgIpc) is 0.675. The molecule has 0 aromatic carbocycles. The molecule has 10 fully saturated rings. The van der Waals surface area contributed by atoms with Gasteiger partial charge in [0.2, 0.25) is 6.29 Å². The molecule has 4 saturated carbocycles. The number of hydrogen-bond donors (Lipinski definition) is 19. The van der Waals surface area contributed by atoms with Crippen LogP contribution in [0.5, 0.6) is 0 Å². The first-order valence-corrected chi connectivity index (χ1v) is 34.3. The molecule has 6 aliphatic heterocycles. The summed E-state index contributed by atoms with van der Waals surface area (Å²) in [6, 6.07) is 0. The molecule has 0 unspecified atom stereocenters. The lowest BCUT2D eigenvalue weighted by molar-refractivity contribution is -0.390. The summed E-state index contributed by atoms with van der Waals surface area (Å²) in [5.74, 6) is -0.805. The van der Waals surface area contributed by atoms with E-state index in [4.69, 9.17) is 56.8 Å². The van der Waals surface area contributed by atoms with Gasteiger partial charge in [0.15, 0.2) is 31.5 Å². The Morgan fingerprint density at radius 2 is 1.00 bits per heavy atom. The van der Waals surface area contributed by atoms with Gasteiger partial charge in [-0.05, 0) is 111 Å². The normalized spacial score (nSPS) is 54.7. The summed E-state index contributed by atoms with van der Waals surface area (Å²) in [7, 11) is 0. The number of allylic oxidation sites excluding steroid dienone is 1. The molecule has 11 aliphatic rings. The molecule has 6 saturated heterocycles. The van der Waals surface area contributed by atoms with E-state index >= 15 is 4.79 Å². The molecule has 0 spiro atoms. The third-order valence-electron chi connectivity index (χ3n) is 25.3. The van der Waals surface area contributed by atoms with Gasteiger partial charge in [-0.1, -0.05) is 53.2 Å². The zero-order valence-corrected chi connectivity index (χ0v) is 55.7. The van der Waals surface area contributed by atoms with Crippen molar-refractivity contribution in [3.8, 4) is 0 Å². The highest BCUT2D eigenvalue weighted by atomic mass is 16.8. The van der Waals surface area contributed by atoms with Crippen LogP contribution in [0.15, 0.2) is 11.6 Å². The van der Waals surface area contributed by atoms with Crippen molar-refractivity contribution >= 4 is 5.97 Å². The van der Waals surface area contributed by atoms with Crippen molar-refractivity contribution in [2.45, 2.75) is 297 Å². The molecule has 0 aromatic heterocycles. The Morgan fingerprint density at radius 3 is 1.63 bits per heavy atom. The van der Waals surface area contributed by atoms with E-state index in [0.717, 1.165) is 18.4 Å². The Kier molecular flexibility index (Phi) is 22.6. The first kappa shape index (κ1) is 76.1. The minimum absolute atomic E-state index is 0.102.